The number of rotatable bonds is 2. The molecule has 1 aromatic rings. The van der Waals surface area contributed by atoms with E-state index in [1.807, 2.05) is 15.9 Å². The van der Waals surface area contributed by atoms with Crippen molar-refractivity contribution >= 4 is 11.8 Å². The molecule has 1 unspecified atom stereocenters. The monoisotopic (exact) mass is 326 g/mol. The first-order valence-electron chi connectivity index (χ1n) is 9.37. The Morgan fingerprint density at radius 3 is 2.58 bits per heavy atom. The van der Waals surface area contributed by atoms with Gasteiger partial charge in [0.25, 0.3) is 0 Å². The van der Waals surface area contributed by atoms with Crippen LogP contribution in [0.5, 0.6) is 0 Å². The maximum absolute atomic E-state index is 13.0. The summed E-state index contributed by atoms with van der Waals surface area (Å²) in [5, 5.41) is 0. The summed E-state index contributed by atoms with van der Waals surface area (Å²) >= 11 is 0. The molecular formula is C20H26N2O2. The van der Waals surface area contributed by atoms with E-state index < -0.39 is 0 Å². The number of likely N-dealkylation sites (tertiary alicyclic amines) is 1. The molecule has 1 atom stereocenters. The Kier molecular flexibility index (Phi) is 4.30. The molecule has 1 aromatic carbocycles. The number of aryl methyl sites for hydroxylation is 1. The summed E-state index contributed by atoms with van der Waals surface area (Å²) in [5.74, 6) is 0.236. The van der Waals surface area contributed by atoms with Gasteiger partial charge in [-0.2, -0.15) is 0 Å². The van der Waals surface area contributed by atoms with E-state index in [0.717, 1.165) is 32.2 Å². The average molecular weight is 326 g/mol. The number of nitrogens with zero attached hydrogens (tertiary/aromatic N) is 2. The highest BCUT2D eigenvalue weighted by Crippen LogP contribution is 2.31. The molecule has 24 heavy (non-hydrogen) atoms. The maximum Gasteiger partial charge on any atom is 0.228 e. The fourth-order valence-electron chi connectivity index (χ4n) is 4.61. The smallest absolute Gasteiger partial charge is 0.228 e. The molecule has 0 N–H and O–H groups in total. The number of hydrogen-bond donors (Lipinski definition) is 0. The molecule has 2 amide bonds. The third-order valence-corrected chi connectivity index (χ3v) is 5.94. The van der Waals surface area contributed by atoms with Gasteiger partial charge in [0.2, 0.25) is 11.8 Å². The summed E-state index contributed by atoms with van der Waals surface area (Å²) in [5.41, 5.74) is 2.63. The molecule has 2 fully saturated rings. The number of fused-ring (bicyclic) bond motifs is 1. The SMILES string of the molecule is O=C(C1CC(=O)N(C2CCCC2)C1)N1CCCc2ccccc2C1. The summed E-state index contributed by atoms with van der Waals surface area (Å²) in [7, 11) is 0. The molecule has 0 spiro atoms. The van der Waals surface area contributed by atoms with Crippen LogP contribution in [0.4, 0.5) is 0 Å². The Balaban J connectivity index is 1.45. The lowest BCUT2D eigenvalue weighted by Crippen LogP contribution is -2.39. The predicted molar refractivity (Wildman–Crippen MR) is 92.3 cm³/mol. The van der Waals surface area contributed by atoms with Crippen LogP contribution in [0, 0.1) is 5.92 Å². The lowest BCUT2D eigenvalue weighted by atomic mass is 10.0. The first-order chi connectivity index (χ1) is 11.7. The van der Waals surface area contributed by atoms with Gasteiger partial charge in [-0.1, -0.05) is 37.1 Å². The van der Waals surface area contributed by atoms with Gasteiger partial charge in [-0.05, 0) is 36.8 Å². The molecule has 0 bridgehead atoms. The summed E-state index contributed by atoms with van der Waals surface area (Å²) < 4.78 is 0. The molecule has 1 saturated heterocycles. The van der Waals surface area contributed by atoms with Gasteiger partial charge in [0.1, 0.15) is 0 Å². The second kappa shape index (κ2) is 6.58. The van der Waals surface area contributed by atoms with Crippen molar-refractivity contribution in [2.24, 2.45) is 5.92 Å². The van der Waals surface area contributed by atoms with Gasteiger partial charge in [-0.25, -0.2) is 0 Å². The summed E-state index contributed by atoms with van der Waals surface area (Å²) in [6.07, 6.45) is 7.13. The second-order valence-corrected chi connectivity index (χ2v) is 7.52. The third kappa shape index (κ3) is 2.94. The normalized spacial score (nSPS) is 25.0. The molecule has 4 nitrogen and oxygen atoms in total. The van der Waals surface area contributed by atoms with Crippen LogP contribution in [0.25, 0.3) is 0 Å². The number of carbonyl (C=O) groups excluding carboxylic acids is 2. The Hall–Kier alpha value is -1.84. The molecule has 3 aliphatic rings. The van der Waals surface area contributed by atoms with Crippen LogP contribution in [0.3, 0.4) is 0 Å². The van der Waals surface area contributed by atoms with E-state index >= 15 is 0 Å². The number of amides is 2. The van der Waals surface area contributed by atoms with Crippen molar-refractivity contribution in [3.8, 4) is 0 Å². The van der Waals surface area contributed by atoms with Gasteiger partial charge in [0.15, 0.2) is 0 Å². The van der Waals surface area contributed by atoms with Crippen molar-refractivity contribution < 1.29 is 9.59 Å². The minimum absolute atomic E-state index is 0.136. The van der Waals surface area contributed by atoms with Crippen LogP contribution in [0.1, 0.15) is 49.7 Å². The number of benzene rings is 1. The van der Waals surface area contributed by atoms with E-state index in [9.17, 15) is 9.59 Å². The average Bonchev–Trinajstić information content (AvgIpc) is 3.18. The standard InChI is InChI=1S/C20H26N2O2/c23-19-12-17(14-22(19)18-9-3-4-10-18)20(24)21-11-5-8-15-6-1-2-7-16(15)13-21/h1-2,6-7,17-18H,3-5,8-14H2. The van der Waals surface area contributed by atoms with Gasteiger partial charge in [0.05, 0.1) is 5.92 Å². The third-order valence-electron chi connectivity index (χ3n) is 5.94. The first-order valence-corrected chi connectivity index (χ1v) is 9.37. The van der Waals surface area contributed by atoms with Gasteiger partial charge in [0, 0.05) is 32.1 Å². The zero-order chi connectivity index (χ0) is 16.5. The highest BCUT2D eigenvalue weighted by molar-refractivity contribution is 5.89. The van der Waals surface area contributed by atoms with E-state index in [-0.39, 0.29) is 17.7 Å². The van der Waals surface area contributed by atoms with Crippen LogP contribution in [-0.2, 0) is 22.6 Å². The Morgan fingerprint density at radius 1 is 1.04 bits per heavy atom. The van der Waals surface area contributed by atoms with Crippen molar-refractivity contribution in [2.75, 3.05) is 13.1 Å². The lowest BCUT2D eigenvalue weighted by molar-refractivity contribution is -0.136. The number of carbonyl (C=O) groups is 2. The molecule has 4 rings (SSSR count). The summed E-state index contributed by atoms with van der Waals surface area (Å²) in [6.45, 7) is 2.14. The van der Waals surface area contributed by atoms with Crippen LogP contribution in [-0.4, -0.2) is 40.7 Å². The highest BCUT2D eigenvalue weighted by Gasteiger charge is 2.40. The van der Waals surface area contributed by atoms with E-state index in [2.05, 4.69) is 18.2 Å². The lowest BCUT2D eigenvalue weighted by Gasteiger charge is -2.26. The zero-order valence-electron chi connectivity index (χ0n) is 14.2. The van der Waals surface area contributed by atoms with Crippen LogP contribution >= 0.6 is 0 Å². The molecule has 4 heteroatoms. The van der Waals surface area contributed by atoms with Crippen LogP contribution < -0.4 is 0 Å². The first kappa shape index (κ1) is 15.7. The van der Waals surface area contributed by atoms with Crippen molar-refractivity contribution in [3.05, 3.63) is 35.4 Å². The summed E-state index contributed by atoms with van der Waals surface area (Å²) in [6, 6.07) is 8.81. The Bertz CT molecular complexity index is 636. The minimum Gasteiger partial charge on any atom is -0.339 e. The van der Waals surface area contributed by atoms with E-state index in [0.29, 0.717) is 25.6 Å². The van der Waals surface area contributed by atoms with Gasteiger partial charge >= 0.3 is 0 Å². The van der Waals surface area contributed by atoms with Crippen molar-refractivity contribution in [1.29, 1.82) is 0 Å². The topological polar surface area (TPSA) is 40.6 Å². The highest BCUT2D eigenvalue weighted by atomic mass is 16.2. The largest absolute Gasteiger partial charge is 0.339 e. The molecule has 0 radical (unpaired) electrons. The van der Waals surface area contributed by atoms with E-state index in [4.69, 9.17) is 0 Å². The van der Waals surface area contributed by atoms with Crippen molar-refractivity contribution in [1.82, 2.24) is 9.80 Å². The van der Waals surface area contributed by atoms with Crippen LogP contribution in [0.15, 0.2) is 24.3 Å². The zero-order valence-corrected chi connectivity index (χ0v) is 14.2. The molecular weight excluding hydrogens is 300 g/mol. The summed E-state index contributed by atoms with van der Waals surface area (Å²) in [4.78, 5) is 29.4. The Labute approximate surface area is 143 Å². The predicted octanol–water partition coefficient (Wildman–Crippen LogP) is 2.75. The molecule has 1 aliphatic carbocycles. The Morgan fingerprint density at radius 2 is 1.79 bits per heavy atom. The fourth-order valence-corrected chi connectivity index (χ4v) is 4.61. The second-order valence-electron chi connectivity index (χ2n) is 7.52. The molecule has 2 aliphatic heterocycles. The molecule has 128 valence electrons. The van der Waals surface area contributed by atoms with Gasteiger partial charge in [-0.15, -0.1) is 0 Å². The maximum atomic E-state index is 13.0. The van der Waals surface area contributed by atoms with Crippen molar-refractivity contribution in [2.45, 2.75) is 57.5 Å². The van der Waals surface area contributed by atoms with E-state index in [1.54, 1.807) is 0 Å². The molecule has 2 heterocycles. The fraction of sp³-hybridized carbons (Fsp3) is 0.600. The van der Waals surface area contributed by atoms with E-state index in [1.165, 1.54) is 24.0 Å². The quantitative estimate of drug-likeness (QED) is 0.838. The number of hydrogen-bond acceptors (Lipinski definition) is 2. The molecule has 1 saturated carbocycles. The van der Waals surface area contributed by atoms with Gasteiger partial charge < -0.3 is 9.80 Å². The minimum atomic E-state index is -0.136. The van der Waals surface area contributed by atoms with Crippen molar-refractivity contribution in [3.63, 3.8) is 0 Å². The van der Waals surface area contributed by atoms with Crippen LogP contribution in [0.2, 0.25) is 0 Å². The van der Waals surface area contributed by atoms with Gasteiger partial charge in [-0.3, -0.25) is 9.59 Å². The molecule has 0 aromatic heterocycles.